The van der Waals surface area contributed by atoms with Crippen molar-refractivity contribution in [2.24, 2.45) is 5.73 Å². The smallest absolute Gasteiger partial charge is 0.251 e. The number of benzene rings is 1. The van der Waals surface area contributed by atoms with Crippen molar-refractivity contribution in [2.45, 2.75) is 26.3 Å². The van der Waals surface area contributed by atoms with Crippen molar-refractivity contribution in [3.63, 3.8) is 0 Å². The van der Waals surface area contributed by atoms with Crippen LogP contribution in [0.4, 0.5) is 0 Å². The highest BCUT2D eigenvalue weighted by Gasteiger charge is 2.12. The lowest BCUT2D eigenvalue weighted by Crippen LogP contribution is -2.34. The molecule has 0 aliphatic rings. The molecule has 0 saturated heterocycles. The van der Waals surface area contributed by atoms with E-state index < -0.39 is 10.8 Å². The Morgan fingerprint density at radius 1 is 1.48 bits per heavy atom. The van der Waals surface area contributed by atoms with Crippen LogP contribution in [-0.2, 0) is 10.8 Å². The molecule has 0 aliphatic carbocycles. The highest BCUT2D eigenvalue weighted by atomic mass is 32.2. The summed E-state index contributed by atoms with van der Waals surface area (Å²) >= 11 is 0. The van der Waals surface area contributed by atoms with Crippen molar-refractivity contribution in [2.75, 3.05) is 18.6 Å². The number of rotatable bonds is 5. The number of aryl methyl sites for hydroxylation is 1. The summed E-state index contributed by atoms with van der Waals surface area (Å²) in [7, 11) is -0.839. The lowest BCUT2D eigenvalue weighted by Gasteiger charge is -2.14. The van der Waals surface area contributed by atoms with E-state index in [1.807, 2.05) is 26.0 Å². The number of hydrogen-bond donors (Lipinski definition) is 2. The van der Waals surface area contributed by atoms with Gasteiger partial charge in [0.25, 0.3) is 5.91 Å². The number of nitrogens with one attached hydrogen (secondary N) is 1. The summed E-state index contributed by atoms with van der Waals surface area (Å²) in [6.07, 6.45) is 2.36. The first-order valence-electron chi connectivity index (χ1n) is 6.84. The van der Waals surface area contributed by atoms with Gasteiger partial charge in [-0.25, -0.2) is 0 Å². The molecule has 5 heteroatoms. The van der Waals surface area contributed by atoms with Crippen molar-refractivity contribution in [3.8, 4) is 11.8 Å². The zero-order valence-electron chi connectivity index (χ0n) is 12.7. The van der Waals surface area contributed by atoms with Crippen LogP contribution in [0.15, 0.2) is 18.2 Å². The van der Waals surface area contributed by atoms with Gasteiger partial charge in [0.1, 0.15) is 0 Å². The van der Waals surface area contributed by atoms with Gasteiger partial charge in [-0.2, -0.15) is 0 Å². The molecule has 2 unspecified atom stereocenters. The lowest BCUT2D eigenvalue weighted by molar-refractivity contribution is 0.0939. The largest absolute Gasteiger partial charge is 0.350 e. The monoisotopic (exact) mass is 306 g/mol. The van der Waals surface area contributed by atoms with Crippen molar-refractivity contribution in [1.82, 2.24) is 5.32 Å². The lowest BCUT2D eigenvalue weighted by atomic mass is 10.0. The topological polar surface area (TPSA) is 72.2 Å². The summed E-state index contributed by atoms with van der Waals surface area (Å²) in [6, 6.07) is 5.51. The van der Waals surface area contributed by atoms with Crippen molar-refractivity contribution in [3.05, 3.63) is 34.9 Å². The molecule has 0 heterocycles. The Labute approximate surface area is 129 Å². The van der Waals surface area contributed by atoms with Crippen molar-refractivity contribution < 1.29 is 9.00 Å². The number of amides is 1. The first kappa shape index (κ1) is 17.4. The molecule has 4 nitrogen and oxygen atoms in total. The van der Waals surface area contributed by atoms with Gasteiger partial charge in [-0.05, 0) is 38.0 Å². The van der Waals surface area contributed by atoms with Crippen LogP contribution >= 0.6 is 0 Å². The molecule has 21 heavy (non-hydrogen) atoms. The summed E-state index contributed by atoms with van der Waals surface area (Å²) in [5, 5.41) is 2.93. The van der Waals surface area contributed by atoms with Gasteiger partial charge in [0.05, 0.1) is 6.54 Å². The maximum absolute atomic E-state index is 12.3. The molecule has 0 spiro atoms. The van der Waals surface area contributed by atoms with Crippen LogP contribution in [-0.4, -0.2) is 34.7 Å². The number of carbonyl (C=O) groups excluding carboxylic acids is 1. The summed E-state index contributed by atoms with van der Waals surface area (Å²) in [5.41, 5.74) is 7.64. The molecule has 3 N–H and O–H groups in total. The van der Waals surface area contributed by atoms with E-state index in [1.54, 1.807) is 12.3 Å². The summed E-state index contributed by atoms with van der Waals surface area (Å²) in [6.45, 7) is 4.10. The minimum Gasteiger partial charge on any atom is -0.350 e. The minimum absolute atomic E-state index is 0.0143. The first-order chi connectivity index (χ1) is 9.93. The van der Waals surface area contributed by atoms with Crippen LogP contribution in [0.3, 0.4) is 0 Å². The Hall–Kier alpha value is -1.64. The Balaban J connectivity index is 2.79. The number of nitrogens with two attached hydrogens (primary N) is 1. The second kappa shape index (κ2) is 8.60. The fraction of sp³-hybridized carbons (Fsp3) is 0.438. The van der Waals surface area contributed by atoms with E-state index in [0.29, 0.717) is 24.3 Å². The normalized spacial score (nSPS) is 13.0. The molecular formula is C16H22N2O2S. The fourth-order valence-electron chi connectivity index (χ4n) is 1.81. The second-order valence-corrected chi connectivity index (χ2v) is 6.53. The van der Waals surface area contributed by atoms with Gasteiger partial charge in [0, 0.05) is 40.0 Å². The third kappa shape index (κ3) is 6.11. The minimum atomic E-state index is -0.839. The Morgan fingerprint density at radius 2 is 2.19 bits per heavy atom. The van der Waals surface area contributed by atoms with Crippen LogP contribution < -0.4 is 11.1 Å². The van der Waals surface area contributed by atoms with E-state index in [2.05, 4.69) is 17.2 Å². The van der Waals surface area contributed by atoms with Gasteiger partial charge in [-0.3, -0.25) is 9.00 Å². The molecule has 114 valence electrons. The Kier molecular flexibility index (Phi) is 7.13. The third-order valence-electron chi connectivity index (χ3n) is 3.03. The average molecular weight is 306 g/mol. The zero-order chi connectivity index (χ0) is 15.8. The zero-order valence-corrected chi connectivity index (χ0v) is 13.5. The van der Waals surface area contributed by atoms with Crippen LogP contribution in [0.5, 0.6) is 0 Å². The van der Waals surface area contributed by atoms with E-state index in [0.717, 1.165) is 11.1 Å². The summed E-state index contributed by atoms with van der Waals surface area (Å²) < 4.78 is 11.1. The maximum atomic E-state index is 12.3. The quantitative estimate of drug-likeness (QED) is 0.803. The van der Waals surface area contributed by atoms with Gasteiger partial charge in [0.2, 0.25) is 0 Å². The predicted molar refractivity (Wildman–Crippen MR) is 87.6 cm³/mol. The molecule has 0 aromatic heterocycles. The standard InChI is InChI=1S/C16H22N2O2S/c1-12-6-7-14(5-4-9-17)11-15(12)16(19)18-13(2)8-10-21(3)20/h6-7,11,13H,8-10,17H2,1-3H3,(H,18,19). The van der Waals surface area contributed by atoms with Gasteiger partial charge in [-0.1, -0.05) is 17.9 Å². The molecule has 1 rings (SSSR count). The molecule has 0 radical (unpaired) electrons. The van der Waals surface area contributed by atoms with Crippen LogP contribution in [0.1, 0.15) is 34.8 Å². The van der Waals surface area contributed by atoms with Gasteiger partial charge >= 0.3 is 0 Å². The predicted octanol–water partition coefficient (Wildman–Crippen LogP) is 1.19. The molecule has 1 aromatic rings. The van der Waals surface area contributed by atoms with Gasteiger partial charge in [0.15, 0.2) is 0 Å². The molecule has 0 fully saturated rings. The molecule has 0 saturated carbocycles. The maximum Gasteiger partial charge on any atom is 0.251 e. The third-order valence-corrected chi connectivity index (χ3v) is 3.84. The van der Waals surface area contributed by atoms with Gasteiger partial charge in [-0.15, -0.1) is 0 Å². The Morgan fingerprint density at radius 3 is 2.81 bits per heavy atom. The molecule has 0 aliphatic heterocycles. The van der Waals surface area contributed by atoms with E-state index >= 15 is 0 Å². The van der Waals surface area contributed by atoms with E-state index in [9.17, 15) is 9.00 Å². The van der Waals surface area contributed by atoms with E-state index in [1.165, 1.54) is 0 Å². The SMILES string of the molecule is Cc1ccc(C#CCN)cc1C(=O)NC(C)CCS(C)=O. The van der Waals surface area contributed by atoms with Crippen LogP contribution in [0, 0.1) is 18.8 Å². The first-order valence-corrected chi connectivity index (χ1v) is 8.57. The molecule has 1 aromatic carbocycles. The summed E-state index contributed by atoms with van der Waals surface area (Å²) in [4.78, 5) is 12.3. The summed E-state index contributed by atoms with van der Waals surface area (Å²) in [5.74, 6) is 6.16. The highest BCUT2D eigenvalue weighted by molar-refractivity contribution is 7.84. The molecule has 2 atom stereocenters. The number of hydrogen-bond acceptors (Lipinski definition) is 3. The van der Waals surface area contributed by atoms with Gasteiger partial charge < -0.3 is 11.1 Å². The van der Waals surface area contributed by atoms with E-state index in [4.69, 9.17) is 5.73 Å². The van der Waals surface area contributed by atoms with Crippen molar-refractivity contribution in [1.29, 1.82) is 0 Å². The van der Waals surface area contributed by atoms with Crippen molar-refractivity contribution >= 4 is 16.7 Å². The van der Waals surface area contributed by atoms with Crippen LogP contribution in [0.25, 0.3) is 0 Å². The molecular weight excluding hydrogens is 284 g/mol. The molecule has 1 amide bonds. The fourth-order valence-corrected chi connectivity index (χ4v) is 2.50. The highest BCUT2D eigenvalue weighted by Crippen LogP contribution is 2.11. The van der Waals surface area contributed by atoms with Crippen LogP contribution in [0.2, 0.25) is 0 Å². The number of carbonyl (C=O) groups is 1. The average Bonchev–Trinajstić information content (AvgIpc) is 2.44. The Bertz CT molecular complexity index is 588. The second-order valence-electron chi connectivity index (χ2n) is 4.98. The molecule has 0 bridgehead atoms. The van der Waals surface area contributed by atoms with E-state index in [-0.39, 0.29) is 11.9 Å².